The molecule has 0 aromatic rings. The molecule has 0 amide bonds. The molecular formula is C27H46O2. The van der Waals surface area contributed by atoms with Crippen LogP contribution in [0, 0.1) is 46.3 Å². The zero-order valence-electron chi connectivity index (χ0n) is 19.7. The van der Waals surface area contributed by atoms with Crippen LogP contribution in [-0.2, 0) is 0 Å². The third-order valence-corrected chi connectivity index (χ3v) is 10.4. The summed E-state index contributed by atoms with van der Waals surface area (Å²) in [7, 11) is 0. The van der Waals surface area contributed by atoms with E-state index in [1.807, 2.05) is 0 Å². The van der Waals surface area contributed by atoms with Crippen LogP contribution in [0.3, 0.4) is 0 Å². The van der Waals surface area contributed by atoms with Crippen molar-refractivity contribution in [3.8, 4) is 0 Å². The molecule has 0 bridgehead atoms. The number of hydrogen-bond acceptors (Lipinski definition) is 2. The van der Waals surface area contributed by atoms with Crippen LogP contribution < -0.4 is 0 Å². The highest BCUT2D eigenvalue weighted by molar-refractivity contribution is 5.25. The van der Waals surface area contributed by atoms with Crippen molar-refractivity contribution in [2.24, 2.45) is 46.3 Å². The minimum absolute atomic E-state index is 0.108. The molecule has 0 unspecified atom stereocenters. The molecule has 0 aromatic carbocycles. The monoisotopic (exact) mass is 402 g/mol. The summed E-state index contributed by atoms with van der Waals surface area (Å²) in [5.41, 5.74) is 2.33. The van der Waals surface area contributed by atoms with E-state index in [0.29, 0.717) is 28.6 Å². The molecular weight excluding hydrogens is 356 g/mol. The highest BCUT2D eigenvalue weighted by atomic mass is 16.3. The van der Waals surface area contributed by atoms with E-state index >= 15 is 0 Å². The lowest BCUT2D eigenvalue weighted by Gasteiger charge is -2.58. The van der Waals surface area contributed by atoms with Crippen LogP contribution in [0.25, 0.3) is 0 Å². The molecule has 4 aliphatic rings. The molecule has 29 heavy (non-hydrogen) atoms. The van der Waals surface area contributed by atoms with Crippen LogP contribution in [0.4, 0.5) is 0 Å². The van der Waals surface area contributed by atoms with Crippen molar-refractivity contribution in [1.29, 1.82) is 0 Å². The van der Waals surface area contributed by atoms with Crippen LogP contribution in [0.5, 0.6) is 0 Å². The van der Waals surface area contributed by atoms with E-state index in [0.717, 1.165) is 43.4 Å². The molecule has 0 aliphatic heterocycles. The highest BCUT2D eigenvalue weighted by Crippen LogP contribution is 2.67. The second-order valence-electron chi connectivity index (χ2n) is 12.3. The number of hydrogen-bond donors (Lipinski definition) is 2. The van der Waals surface area contributed by atoms with Crippen molar-refractivity contribution in [2.45, 2.75) is 111 Å². The van der Waals surface area contributed by atoms with Crippen molar-refractivity contribution in [1.82, 2.24) is 0 Å². The molecule has 4 rings (SSSR count). The average molecular weight is 403 g/mol. The molecule has 0 aromatic heterocycles. The Morgan fingerprint density at radius 3 is 2.48 bits per heavy atom. The SMILES string of the molecule is CC(C)CC[C@H](O)[C@@H](C)[C@@H]1CC[C@H]2[C@@H]3CC=C4C[C@@H](O)CC[C@]4(C)[C@H]3CC[C@]12C. The molecule has 2 N–H and O–H groups in total. The van der Waals surface area contributed by atoms with Gasteiger partial charge in [0.2, 0.25) is 0 Å². The van der Waals surface area contributed by atoms with E-state index in [1.54, 1.807) is 5.57 Å². The second kappa shape index (κ2) is 7.97. The first-order valence-corrected chi connectivity index (χ1v) is 12.7. The van der Waals surface area contributed by atoms with Gasteiger partial charge in [0.25, 0.3) is 0 Å². The van der Waals surface area contributed by atoms with Crippen molar-refractivity contribution in [3.63, 3.8) is 0 Å². The molecule has 4 aliphatic carbocycles. The maximum absolute atomic E-state index is 11.0. The third-order valence-electron chi connectivity index (χ3n) is 10.4. The van der Waals surface area contributed by atoms with E-state index in [-0.39, 0.29) is 12.2 Å². The number of fused-ring (bicyclic) bond motifs is 5. The number of aliphatic hydroxyl groups is 2. The molecule has 2 nitrogen and oxygen atoms in total. The van der Waals surface area contributed by atoms with E-state index in [9.17, 15) is 10.2 Å². The first-order valence-electron chi connectivity index (χ1n) is 12.7. The first-order chi connectivity index (χ1) is 13.7. The Balaban J connectivity index is 1.51. The maximum Gasteiger partial charge on any atom is 0.0577 e. The van der Waals surface area contributed by atoms with Gasteiger partial charge in [-0.1, -0.05) is 46.3 Å². The summed E-state index contributed by atoms with van der Waals surface area (Å²) in [5, 5.41) is 21.2. The molecule has 2 heteroatoms. The van der Waals surface area contributed by atoms with Gasteiger partial charge in [-0.3, -0.25) is 0 Å². The zero-order valence-corrected chi connectivity index (χ0v) is 19.7. The minimum Gasteiger partial charge on any atom is -0.393 e. The minimum atomic E-state index is -0.133. The van der Waals surface area contributed by atoms with E-state index in [2.05, 4.69) is 40.7 Å². The molecule has 3 saturated carbocycles. The highest BCUT2D eigenvalue weighted by Gasteiger charge is 2.59. The molecule has 0 radical (unpaired) electrons. The molecule has 9 atom stereocenters. The summed E-state index contributed by atoms with van der Waals surface area (Å²) >= 11 is 0. The van der Waals surface area contributed by atoms with Gasteiger partial charge >= 0.3 is 0 Å². The lowest BCUT2D eigenvalue weighted by Crippen LogP contribution is -2.51. The smallest absolute Gasteiger partial charge is 0.0577 e. The topological polar surface area (TPSA) is 40.5 Å². The maximum atomic E-state index is 11.0. The standard InChI is InChI=1S/C27H46O2/c1-17(2)6-11-25(29)18(3)22-9-10-23-21-8-7-19-16-20(28)12-14-26(19,4)24(21)13-15-27(22,23)5/h7,17-18,20-25,28-29H,6,8-16H2,1-5H3/t18-,20-,21-,22-,23-,24-,25-,26-,27+/m0/s1. The summed E-state index contributed by atoms with van der Waals surface area (Å²) in [5.74, 6) is 4.25. The van der Waals surface area contributed by atoms with Crippen molar-refractivity contribution in [2.75, 3.05) is 0 Å². The number of aliphatic hydroxyl groups excluding tert-OH is 2. The van der Waals surface area contributed by atoms with Crippen LogP contribution in [0.1, 0.15) is 98.8 Å². The summed E-state index contributed by atoms with van der Waals surface area (Å²) in [4.78, 5) is 0. The van der Waals surface area contributed by atoms with E-state index in [1.165, 1.54) is 38.5 Å². The summed E-state index contributed by atoms with van der Waals surface area (Å²) in [6.45, 7) is 12.0. The predicted octanol–water partition coefficient (Wildman–Crippen LogP) is 6.36. The van der Waals surface area contributed by atoms with Gasteiger partial charge in [0.15, 0.2) is 0 Å². The third kappa shape index (κ3) is 3.65. The van der Waals surface area contributed by atoms with Crippen molar-refractivity contribution in [3.05, 3.63) is 11.6 Å². The van der Waals surface area contributed by atoms with Crippen molar-refractivity contribution < 1.29 is 10.2 Å². The lowest BCUT2D eigenvalue weighted by atomic mass is 9.47. The Hall–Kier alpha value is -0.340. The van der Waals surface area contributed by atoms with Gasteiger partial charge in [-0.2, -0.15) is 0 Å². The molecule has 0 heterocycles. The quantitative estimate of drug-likeness (QED) is 0.525. The first kappa shape index (κ1) is 21.9. The second-order valence-corrected chi connectivity index (χ2v) is 12.3. The molecule has 0 spiro atoms. The van der Waals surface area contributed by atoms with E-state index < -0.39 is 0 Å². The summed E-state index contributed by atoms with van der Waals surface area (Å²) in [6.07, 6.45) is 14.1. The van der Waals surface area contributed by atoms with Crippen LogP contribution >= 0.6 is 0 Å². The average Bonchev–Trinajstić information content (AvgIpc) is 3.03. The number of allylic oxidation sites excluding steroid dienone is 1. The van der Waals surface area contributed by atoms with Gasteiger partial charge in [-0.15, -0.1) is 0 Å². The van der Waals surface area contributed by atoms with Crippen LogP contribution in [0.2, 0.25) is 0 Å². The van der Waals surface area contributed by atoms with Gasteiger partial charge in [-0.25, -0.2) is 0 Å². The number of rotatable bonds is 5. The van der Waals surface area contributed by atoms with Crippen LogP contribution in [0.15, 0.2) is 11.6 Å². The fraction of sp³-hybridized carbons (Fsp3) is 0.926. The van der Waals surface area contributed by atoms with Gasteiger partial charge in [0.05, 0.1) is 12.2 Å². The van der Waals surface area contributed by atoms with Crippen molar-refractivity contribution >= 4 is 0 Å². The zero-order chi connectivity index (χ0) is 21.0. The molecule has 0 saturated heterocycles. The Morgan fingerprint density at radius 1 is 1.00 bits per heavy atom. The fourth-order valence-electron chi connectivity index (χ4n) is 8.58. The summed E-state index contributed by atoms with van der Waals surface area (Å²) < 4.78 is 0. The predicted molar refractivity (Wildman–Crippen MR) is 120 cm³/mol. The Kier molecular flexibility index (Phi) is 6.01. The normalized spacial score (nSPS) is 46.5. The molecule has 3 fully saturated rings. The Morgan fingerprint density at radius 2 is 1.76 bits per heavy atom. The molecule has 166 valence electrons. The van der Waals surface area contributed by atoms with Crippen LogP contribution in [-0.4, -0.2) is 22.4 Å². The largest absolute Gasteiger partial charge is 0.393 e. The fourth-order valence-corrected chi connectivity index (χ4v) is 8.58. The summed E-state index contributed by atoms with van der Waals surface area (Å²) in [6, 6.07) is 0. The van der Waals surface area contributed by atoms with Gasteiger partial charge in [0, 0.05) is 0 Å². The Labute approximate surface area is 179 Å². The van der Waals surface area contributed by atoms with Gasteiger partial charge in [-0.05, 0) is 111 Å². The van der Waals surface area contributed by atoms with Gasteiger partial charge < -0.3 is 10.2 Å². The van der Waals surface area contributed by atoms with E-state index in [4.69, 9.17) is 0 Å². The Bertz CT molecular complexity index is 624. The lowest BCUT2D eigenvalue weighted by molar-refractivity contribution is -0.0681. The van der Waals surface area contributed by atoms with Gasteiger partial charge in [0.1, 0.15) is 0 Å².